The molecule has 0 spiro atoms. The lowest BCUT2D eigenvalue weighted by atomic mass is 10.1. The van der Waals surface area contributed by atoms with Crippen LogP contribution in [0, 0.1) is 6.92 Å². The van der Waals surface area contributed by atoms with Crippen LogP contribution in [-0.4, -0.2) is 81.4 Å². The molecular formula is C25H33N5O4. The van der Waals surface area contributed by atoms with E-state index < -0.39 is 0 Å². The van der Waals surface area contributed by atoms with Gasteiger partial charge in [-0.3, -0.25) is 4.79 Å². The van der Waals surface area contributed by atoms with Crippen LogP contribution in [0.2, 0.25) is 0 Å². The van der Waals surface area contributed by atoms with Gasteiger partial charge in [-0.2, -0.15) is 4.98 Å². The zero-order valence-electron chi connectivity index (χ0n) is 20.4. The summed E-state index contributed by atoms with van der Waals surface area (Å²) in [7, 11) is 4.71. The molecular weight excluding hydrogens is 434 g/mol. The number of rotatable bonds is 7. The topological polar surface area (TPSA) is 80.3 Å². The molecule has 0 radical (unpaired) electrons. The molecule has 1 aromatic carbocycles. The van der Waals surface area contributed by atoms with E-state index in [4.69, 9.17) is 19.2 Å². The molecule has 1 aromatic heterocycles. The Labute approximate surface area is 200 Å². The van der Waals surface area contributed by atoms with Gasteiger partial charge in [-0.05, 0) is 43.5 Å². The number of ether oxygens (including phenoxy) is 3. The number of aryl methyl sites for hydroxylation is 1. The van der Waals surface area contributed by atoms with Crippen molar-refractivity contribution in [2.45, 2.75) is 19.8 Å². The van der Waals surface area contributed by atoms with Crippen molar-refractivity contribution in [3.8, 4) is 17.2 Å². The Morgan fingerprint density at radius 2 is 1.50 bits per heavy atom. The minimum absolute atomic E-state index is 0.0312. The minimum Gasteiger partial charge on any atom is -0.493 e. The van der Waals surface area contributed by atoms with Crippen LogP contribution in [0.4, 0.5) is 11.8 Å². The van der Waals surface area contributed by atoms with E-state index in [-0.39, 0.29) is 5.91 Å². The lowest BCUT2D eigenvalue weighted by Gasteiger charge is -2.34. The van der Waals surface area contributed by atoms with Crippen molar-refractivity contribution in [3.05, 3.63) is 35.5 Å². The smallest absolute Gasteiger partial charge is 0.246 e. The molecule has 182 valence electrons. The molecule has 0 bridgehead atoms. The number of amides is 1. The summed E-state index contributed by atoms with van der Waals surface area (Å²) in [6.45, 7) is 6.76. The van der Waals surface area contributed by atoms with E-state index in [1.54, 1.807) is 33.5 Å². The fourth-order valence-corrected chi connectivity index (χ4v) is 4.38. The van der Waals surface area contributed by atoms with Gasteiger partial charge in [0, 0.05) is 57.1 Å². The number of nitrogens with zero attached hydrogens (tertiary/aromatic N) is 5. The monoisotopic (exact) mass is 467 g/mol. The van der Waals surface area contributed by atoms with Crippen LogP contribution in [0.25, 0.3) is 6.08 Å². The van der Waals surface area contributed by atoms with Crippen LogP contribution in [-0.2, 0) is 4.79 Å². The normalized spacial score (nSPS) is 16.3. The molecule has 3 heterocycles. The summed E-state index contributed by atoms with van der Waals surface area (Å²) < 4.78 is 16.1. The number of hydrogen-bond donors (Lipinski definition) is 0. The maximum atomic E-state index is 12.8. The van der Waals surface area contributed by atoms with Gasteiger partial charge in [0.1, 0.15) is 5.82 Å². The molecule has 2 fully saturated rings. The molecule has 34 heavy (non-hydrogen) atoms. The van der Waals surface area contributed by atoms with Crippen molar-refractivity contribution >= 4 is 23.7 Å². The number of carbonyl (C=O) groups excluding carboxylic acids is 1. The summed E-state index contributed by atoms with van der Waals surface area (Å²) in [6.07, 6.45) is 5.78. The highest BCUT2D eigenvalue weighted by Crippen LogP contribution is 2.38. The van der Waals surface area contributed by atoms with Gasteiger partial charge >= 0.3 is 0 Å². The lowest BCUT2D eigenvalue weighted by Crippen LogP contribution is -2.49. The van der Waals surface area contributed by atoms with E-state index in [0.29, 0.717) is 43.4 Å². The highest BCUT2D eigenvalue weighted by Gasteiger charge is 2.23. The summed E-state index contributed by atoms with van der Waals surface area (Å²) in [5, 5.41) is 0. The van der Waals surface area contributed by atoms with Crippen LogP contribution >= 0.6 is 0 Å². The molecule has 0 saturated carbocycles. The first-order chi connectivity index (χ1) is 16.5. The second kappa shape index (κ2) is 10.6. The summed E-state index contributed by atoms with van der Waals surface area (Å²) in [5.41, 5.74) is 1.77. The highest BCUT2D eigenvalue weighted by molar-refractivity contribution is 5.92. The van der Waals surface area contributed by atoms with Crippen LogP contribution in [0.1, 0.15) is 24.1 Å². The Hall–Kier alpha value is -3.49. The quantitative estimate of drug-likeness (QED) is 0.575. The van der Waals surface area contributed by atoms with Gasteiger partial charge in [-0.25, -0.2) is 4.98 Å². The van der Waals surface area contributed by atoms with Crippen molar-refractivity contribution in [2.75, 3.05) is 70.4 Å². The molecule has 1 amide bonds. The van der Waals surface area contributed by atoms with E-state index in [9.17, 15) is 4.79 Å². The number of carbonyl (C=O) groups is 1. The number of anilines is 2. The lowest BCUT2D eigenvalue weighted by molar-refractivity contribution is -0.126. The third kappa shape index (κ3) is 5.18. The molecule has 2 aromatic rings. The maximum absolute atomic E-state index is 12.8. The predicted octanol–water partition coefficient (Wildman–Crippen LogP) is 2.77. The molecule has 0 unspecified atom stereocenters. The number of piperazine rings is 1. The molecule has 2 aliphatic heterocycles. The average Bonchev–Trinajstić information content (AvgIpc) is 3.41. The Morgan fingerprint density at radius 1 is 0.853 bits per heavy atom. The fourth-order valence-electron chi connectivity index (χ4n) is 4.38. The largest absolute Gasteiger partial charge is 0.493 e. The third-order valence-corrected chi connectivity index (χ3v) is 6.24. The van der Waals surface area contributed by atoms with Crippen LogP contribution < -0.4 is 24.0 Å². The van der Waals surface area contributed by atoms with E-state index in [1.165, 1.54) is 12.8 Å². The van der Waals surface area contributed by atoms with Gasteiger partial charge in [-0.15, -0.1) is 0 Å². The maximum Gasteiger partial charge on any atom is 0.246 e. The Balaban J connectivity index is 1.39. The van der Waals surface area contributed by atoms with E-state index in [1.807, 2.05) is 24.0 Å². The average molecular weight is 468 g/mol. The zero-order valence-corrected chi connectivity index (χ0v) is 20.4. The third-order valence-electron chi connectivity index (χ3n) is 6.24. The Bertz CT molecular complexity index is 1020. The Morgan fingerprint density at radius 3 is 2.09 bits per heavy atom. The molecule has 0 atom stereocenters. The molecule has 0 N–H and O–H groups in total. The summed E-state index contributed by atoms with van der Waals surface area (Å²) in [6, 6.07) is 5.69. The van der Waals surface area contributed by atoms with Gasteiger partial charge in [0.15, 0.2) is 11.5 Å². The second-order valence-electron chi connectivity index (χ2n) is 8.47. The first-order valence-electron chi connectivity index (χ1n) is 11.6. The highest BCUT2D eigenvalue weighted by atomic mass is 16.5. The molecule has 9 nitrogen and oxygen atoms in total. The van der Waals surface area contributed by atoms with Crippen molar-refractivity contribution < 1.29 is 19.0 Å². The first-order valence-corrected chi connectivity index (χ1v) is 11.6. The zero-order chi connectivity index (χ0) is 24.1. The van der Waals surface area contributed by atoms with Gasteiger partial charge in [-0.1, -0.05) is 0 Å². The standard InChI is InChI=1S/C25H33N5O4/c1-18-15-22(28-9-5-6-10-28)27-25(26-18)30-13-11-29(12-14-30)23(31)8-7-19-16-20(32-2)24(34-4)21(17-19)33-3/h7-8,15-17H,5-6,9-14H2,1-4H3/b8-7+. The second-order valence-corrected chi connectivity index (χ2v) is 8.47. The molecule has 2 saturated heterocycles. The van der Waals surface area contributed by atoms with E-state index in [2.05, 4.69) is 20.9 Å². The molecule has 4 rings (SSSR count). The van der Waals surface area contributed by atoms with Crippen LogP contribution in [0.15, 0.2) is 24.3 Å². The van der Waals surface area contributed by atoms with Crippen molar-refractivity contribution in [3.63, 3.8) is 0 Å². The SMILES string of the molecule is COc1cc(/C=C/C(=O)N2CCN(c3nc(C)cc(N4CCCC4)n3)CC2)cc(OC)c1OC. The summed E-state index contributed by atoms with van der Waals surface area (Å²) in [5.74, 6) is 3.35. The van der Waals surface area contributed by atoms with Gasteiger partial charge < -0.3 is 28.9 Å². The Kier molecular flexibility index (Phi) is 7.40. The number of benzene rings is 1. The predicted molar refractivity (Wildman–Crippen MR) is 132 cm³/mol. The number of aromatic nitrogens is 2. The van der Waals surface area contributed by atoms with Crippen molar-refractivity contribution in [1.82, 2.24) is 14.9 Å². The fraction of sp³-hybridized carbons (Fsp3) is 0.480. The van der Waals surface area contributed by atoms with Gasteiger partial charge in [0.2, 0.25) is 17.6 Å². The number of methoxy groups -OCH3 is 3. The molecule has 2 aliphatic rings. The summed E-state index contributed by atoms with van der Waals surface area (Å²) in [4.78, 5) is 28.6. The number of hydrogen-bond acceptors (Lipinski definition) is 8. The van der Waals surface area contributed by atoms with Crippen molar-refractivity contribution in [2.24, 2.45) is 0 Å². The van der Waals surface area contributed by atoms with Crippen LogP contribution in [0.3, 0.4) is 0 Å². The molecule has 9 heteroatoms. The molecule has 0 aliphatic carbocycles. The summed E-state index contributed by atoms with van der Waals surface area (Å²) >= 11 is 0. The first kappa shape index (κ1) is 23.7. The van der Waals surface area contributed by atoms with Gasteiger partial charge in [0.05, 0.1) is 21.3 Å². The van der Waals surface area contributed by atoms with Crippen molar-refractivity contribution in [1.29, 1.82) is 0 Å². The van der Waals surface area contributed by atoms with E-state index in [0.717, 1.165) is 36.1 Å². The van der Waals surface area contributed by atoms with Crippen LogP contribution in [0.5, 0.6) is 17.2 Å². The van der Waals surface area contributed by atoms with E-state index >= 15 is 0 Å². The minimum atomic E-state index is -0.0312. The van der Waals surface area contributed by atoms with Gasteiger partial charge in [0.25, 0.3) is 0 Å².